The molecule has 0 aromatic rings. The Morgan fingerprint density at radius 2 is 1.22 bits per heavy atom. The summed E-state index contributed by atoms with van der Waals surface area (Å²) >= 11 is 9.55. The Hall–Kier alpha value is 2.18. The molecule has 18 heavy (non-hydrogen) atoms. The van der Waals surface area contributed by atoms with Crippen LogP contribution in [0.4, 0.5) is 0 Å². The van der Waals surface area contributed by atoms with Crippen molar-refractivity contribution in [1.29, 1.82) is 0 Å². The van der Waals surface area contributed by atoms with Crippen molar-refractivity contribution in [3.63, 3.8) is 0 Å². The molecule has 0 atom stereocenters. The molecular weight excluding hydrogens is 311 g/mol. The van der Waals surface area contributed by atoms with Crippen LogP contribution < -0.4 is 0 Å². The Labute approximate surface area is 153 Å². The van der Waals surface area contributed by atoms with E-state index in [0.29, 0.717) is 13.2 Å². The Morgan fingerprint density at radius 3 is 1.56 bits per heavy atom. The average molecular weight is 341 g/mol. The summed E-state index contributed by atoms with van der Waals surface area (Å²) in [4.78, 5) is 0. The van der Waals surface area contributed by atoms with Gasteiger partial charge in [0, 0.05) is 0 Å². The van der Waals surface area contributed by atoms with Gasteiger partial charge in [0.25, 0.3) is 0 Å². The van der Waals surface area contributed by atoms with Crippen LogP contribution in [0, 0.1) is 0 Å². The van der Waals surface area contributed by atoms with Gasteiger partial charge >= 0.3 is 37.7 Å². The molecule has 0 amide bonds. The van der Waals surface area contributed by atoms with E-state index in [0.717, 1.165) is 12.8 Å². The predicted molar refractivity (Wildman–Crippen MR) is 92.0 cm³/mol. The van der Waals surface area contributed by atoms with E-state index >= 15 is 0 Å². The number of hydrogen-bond donors (Lipinski definition) is 1. The molecule has 0 fully saturated rings. The summed E-state index contributed by atoms with van der Waals surface area (Å²) in [5, 5.41) is 0. The summed E-state index contributed by atoms with van der Waals surface area (Å²) < 4.78 is 11.1. The van der Waals surface area contributed by atoms with Gasteiger partial charge in [-0.15, -0.1) is 0 Å². The van der Waals surface area contributed by atoms with Crippen LogP contribution in [0.2, 0.25) is 0 Å². The van der Waals surface area contributed by atoms with Crippen molar-refractivity contribution < 1.29 is 9.05 Å². The van der Waals surface area contributed by atoms with E-state index in [1.807, 2.05) is 0 Å². The van der Waals surface area contributed by atoms with Gasteiger partial charge in [-0.2, -0.15) is 0 Å². The van der Waals surface area contributed by atoms with E-state index in [-0.39, 0.29) is 37.7 Å². The summed E-state index contributed by atoms with van der Waals surface area (Å²) in [5.74, 6) is 0. The minimum atomic E-state index is -2.26. The zero-order chi connectivity index (χ0) is 13.0. The van der Waals surface area contributed by atoms with Crippen LogP contribution in [-0.4, -0.2) is 51.0 Å². The number of hydrogen-bond acceptors (Lipinski definition) is 3. The van der Waals surface area contributed by atoms with Crippen LogP contribution >= 0.6 is 17.9 Å². The van der Waals surface area contributed by atoms with Crippen LogP contribution in [-0.2, 0) is 20.9 Å². The van der Waals surface area contributed by atoms with Crippen molar-refractivity contribution >= 4 is 67.5 Å². The number of thiol groups is 1. The fourth-order valence-electron chi connectivity index (χ4n) is 1.45. The molecule has 0 aromatic heterocycles. The summed E-state index contributed by atoms with van der Waals surface area (Å²) in [7, 11) is 0. The van der Waals surface area contributed by atoms with Gasteiger partial charge < -0.3 is 9.05 Å². The zero-order valence-electron chi connectivity index (χ0n) is 11.2. The third-order valence-corrected chi connectivity index (χ3v) is 4.85. The predicted octanol–water partition coefficient (Wildman–Crippen LogP) is 4.42. The summed E-state index contributed by atoms with van der Waals surface area (Å²) in [6.45, 7) is 5.78. The van der Waals surface area contributed by atoms with Crippen molar-refractivity contribution in [3.05, 3.63) is 0 Å². The molecule has 0 saturated carbocycles. The Kier molecular flexibility index (Phi) is 19.4. The van der Waals surface area contributed by atoms with Gasteiger partial charge in [0.2, 0.25) is 5.69 Å². The Balaban J connectivity index is 0. The topological polar surface area (TPSA) is 18.5 Å². The molecule has 0 rings (SSSR count). The maximum atomic E-state index is 5.55. The van der Waals surface area contributed by atoms with Gasteiger partial charge in [0.1, 0.15) is 0 Å². The molecule has 6 heteroatoms. The SMILES string of the molecule is CCCCCCOP(=S)(S)OCCCCCC.[CaH2]. The normalized spacial score (nSPS) is 11.3. The van der Waals surface area contributed by atoms with Gasteiger partial charge in [0.05, 0.1) is 13.2 Å². The molecule has 0 unspecified atom stereocenters. The quantitative estimate of drug-likeness (QED) is 0.246. The molecule has 0 aliphatic heterocycles. The number of unbranched alkanes of at least 4 members (excludes halogenated alkanes) is 6. The molecule has 0 aliphatic carbocycles. The molecule has 0 N–H and O–H groups in total. The van der Waals surface area contributed by atoms with E-state index in [1.54, 1.807) is 0 Å². The van der Waals surface area contributed by atoms with Crippen LogP contribution in [0.1, 0.15) is 65.2 Å². The fraction of sp³-hybridized carbons (Fsp3) is 1.00. The standard InChI is InChI=1S/C12H27O2PS2.Ca.2H/c1-3-5-7-9-11-13-15(16,17)14-12-10-8-6-4-2;;;/h3-12H2,1-2H3,(H,16,17);;;. The van der Waals surface area contributed by atoms with Gasteiger partial charge in [-0.05, 0) is 24.6 Å². The maximum absolute atomic E-state index is 5.55. The van der Waals surface area contributed by atoms with Gasteiger partial charge in [0.15, 0.2) is 0 Å². The van der Waals surface area contributed by atoms with E-state index in [9.17, 15) is 0 Å². The van der Waals surface area contributed by atoms with Crippen LogP contribution in [0.15, 0.2) is 0 Å². The molecule has 108 valence electrons. The second kappa shape index (κ2) is 15.6. The van der Waals surface area contributed by atoms with E-state index < -0.39 is 5.69 Å². The molecule has 0 spiro atoms. The van der Waals surface area contributed by atoms with E-state index in [2.05, 4.69) is 26.1 Å². The first-order valence-electron chi connectivity index (χ1n) is 6.74. The first-order chi connectivity index (χ1) is 8.12. The minimum absolute atomic E-state index is 0. The van der Waals surface area contributed by atoms with Gasteiger partial charge in [-0.25, -0.2) is 0 Å². The van der Waals surface area contributed by atoms with Crippen molar-refractivity contribution in [2.75, 3.05) is 13.2 Å². The first-order valence-corrected chi connectivity index (χ1v) is 10.5. The second-order valence-corrected chi connectivity index (χ2v) is 9.54. The molecule has 2 nitrogen and oxygen atoms in total. The molecular formula is C12H29CaO2PS2. The van der Waals surface area contributed by atoms with Crippen molar-refractivity contribution in [2.45, 2.75) is 65.2 Å². The number of rotatable bonds is 12. The molecule has 0 radical (unpaired) electrons. The van der Waals surface area contributed by atoms with Crippen LogP contribution in [0.25, 0.3) is 0 Å². The van der Waals surface area contributed by atoms with E-state index in [4.69, 9.17) is 20.9 Å². The van der Waals surface area contributed by atoms with Crippen molar-refractivity contribution in [1.82, 2.24) is 0 Å². The first kappa shape index (κ1) is 22.5. The van der Waals surface area contributed by atoms with Crippen molar-refractivity contribution in [3.8, 4) is 0 Å². The van der Waals surface area contributed by atoms with Gasteiger partial charge in [-0.3, -0.25) is 0 Å². The Morgan fingerprint density at radius 1 is 0.833 bits per heavy atom. The second-order valence-electron chi connectivity index (χ2n) is 4.26. The third-order valence-electron chi connectivity index (χ3n) is 2.50. The molecule has 0 bridgehead atoms. The van der Waals surface area contributed by atoms with E-state index in [1.165, 1.54) is 38.5 Å². The zero-order valence-corrected chi connectivity index (χ0v) is 13.8. The van der Waals surface area contributed by atoms with Gasteiger partial charge in [-0.1, -0.05) is 64.6 Å². The monoisotopic (exact) mass is 340 g/mol. The summed E-state index contributed by atoms with van der Waals surface area (Å²) in [6.07, 6.45) is 9.53. The third kappa shape index (κ3) is 16.2. The Bertz CT molecular complexity index is 200. The average Bonchev–Trinajstić information content (AvgIpc) is 2.28. The molecule has 0 aliphatic rings. The fourth-order valence-corrected chi connectivity index (χ4v) is 3.19. The molecule has 0 aromatic carbocycles. The molecule has 0 saturated heterocycles. The summed E-state index contributed by atoms with van der Waals surface area (Å²) in [6, 6.07) is 0. The molecule has 0 heterocycles. The van der Waals surface area contributed by atoms with Crippen LogP contribution in [0.5, 0.6) is 0 Å². The van der Waals surface area contributed by atoms with Crippen LogP contribution in [0.3, 0.4) is 0 Å². The van der Waals surface area contributed by atoms with Crippen molar-refractivity contribution in [2.24, 2.45) is 0 Å². The summed E-state index contributed by atoms with van der Waals surface area (Å²) in [5.41, 5.74) is -2.26.